The van der Waals surface area contributed by atoms with E-state index in [0.29, 0.717) is 0 Å². The Balaban J connectivity index is 2.24. The van der Waals surface area contributed by atoms with Crippen molar-refractivity contribution >= 4 is 6.08 Å². The summed E-state index contributed by atoms with van der Waals surface area (Å²) in [4.78, 5) is 4.49. The van der Waals surface area contributed by atoms with E-state index in [1.165, 1.54) is 25.0 Å². The quantitative estimate of drug-likeness (QED) is 0.716. The Hall–Kier alpha value is -1.05. The third kappa shape index (κ3) is 1.49. The van der Waals surface area contributed by atoms with Crippen molar-refractivity contribution in [1.29, 1.82) is 0 Å². The summed E-state index contributed by atoms with van der Waals surface area (Å²) in [5, 5.41) is 0. The first-order chi connectivity index (χ1) is 6.72. The molecule has 2 nitrogen and oxygen atoms in total. The predicted octanol–water partition coefficient (Wildman–Crippen LogP) is 2.94. The van der Waals surface area contributed by atoms with E-state index in [1.807, 2.05) is 6.08 Å². The monoisotopic (exact) mass is 190 g/mol. The lowest BCUT2D eigenvalue weighted by Crippen LogP contribution is -2.19. The molecule has 0 radical (unpaired) electrons. The summed E-state index contributed by atoms with van der Waals surface area (Å²) in [6.07, 6.45) is 6.03. The fraction of sp³-hybridized carbons (Fsp3) is 0.583. The molecule has 0 N–H and O–H groups in total. The molecule has 0 unspecified atom stereocenters. The molecule has 1 aliphatic carbocycles. The van der Waals surface area contributed by atoms with Crippen LogP contribution in [0.3, 0.4) is 0 Å². The van der Waals surface area contributed by atoms with Crippen LogP contribution in [0.5, 0.6) is 0 Å². The molecule has 1 aromatic rings. The zero-order valence-corrected chi connectivity index (χ0v) is 9.08. The summed E-state index contributed by atoms with van der Waals surface area (Å²) < 4.78 is 2.31. The maximum atomic E-state index is 4.49. The zero-order chi connectivity index (χ0) is 10.1. The molecular formula is C12H18N2. The van der Waals surface area contributed by atoms with Crippen molar-refractivity contribution in [2.75, 3.05) is 0 Å². The van der Waals surface area contributed by atoms with Crippen LogP contribution in [0.4, 0.5) is 0 Å². The van der Waals surface area contributed by atoms with Crippen LogP contribution in [-0.4, -0.2) is 9.55 Å². The van der Waals surface area contributed by atoms with Gasteiger partial charge in [-0.1, -0.05) is 13.0 Å². The molecule has 1 aromatic heterocycles. The molecule has 1 aliphatic rings. The van der Waals surface area contributed by atoms with Crippen molar-refractivity contribution in [1.82, 2.24) is 9.55 Å². The first kappa shape index (κ1) is 9.50. The van der Waals surface area contributed by atoms with Gasteiger partial charge in [0, 0.05) is 12.2 Å². The molecule has 1 fully saturated rings. The van der Waals surface area contributed by atoms with E-state index in [4.69, 9.17) is 0 Å². The number of aryl methyl sites for hydroxylation is 1. The average Bonchev–Trinajstić information content (AvgIpc) is 2.37. The molecule has 0 saturated heterocycles. The van der Waals surface area contributed by atoms with Gasteiger partial charge in [0.05, 0.1) is 5.69 Å². The van der Waals surface area contributed by atoms with Gasteiger partial charge in [-0.25, -0.2) is 4.98 Å². The second kappa shape index (κ2) is 3.60. The normalized spacial score (nSPS) is 16.7. The van der Waals surface area contributed by atoms with Crippen LogP contribution in [0.2, 0.25) is 0 Å². The minimum absolute atomic E-state index is 0.876. The minimum Gasteiger partial charge on any atom is -0.328 e. The average molecular weight is 190 g/mol. The van der Waals surface area contributed by atoms with Crippen LogP contribution < -0.4 is 0 Å². The Morgan fingerprint density at radius 1 is 1.50 bits per heavy atom. The van der Waals surface area contributed by atoms with Crippen LogP contribution in [0.25, 0.3) is 6.08 Å². The van der Waals surface area contributed by atoms with Gasteiger partial charge in [0.1, 0.15) is 5.82 Å². The van der Waals surface area contributed by atoms with Gasteiger partial charge in [0.15, 0.2) is 0 Å². The van der Waals surface area contributed by atoms with Crippen molar-refractivity contribution in [2.45, 2.75) is 39.7 Å². The maximum Gasteiger partial charge on any atom is 0.132 e. The van der Waals surface area contributed by atoms with Gasteiger partial charge < -0.3 is 4.57 Å². The minimum atomic E-state index is 0.876. The molecular weight excluding hydrogens is 172 g/mol. The van der Waals surface area contributed by atoms with Crippen molar-refractivity contribution in [3.8, 4) is 0 Å². The molecule has 1 saturated carbocycles. The van der Waals surface area contributed by atoms with Gasteiger partial charge in [-0.2, -0.15) is 0 Å². The second-order valence-electron chi connectivity index (χ2n) is 4.25. The summed E-state index contributed by atoms with van der Waals surface area (Å²) in [5.74, 6) is 1.91. The van der Waals surface area contributed by atoms with Crippen molar-refractivity contribution in [3.63, 3.8) is 0 Å². The SMILES string of the molecule is C=Cc1nc(C)c(C)n1CC1CCC1. The maximum absolute atomic E-state index is 4.49. The summed E-state index contributed by atoms with van der Waals surface area (Å²) >= 11 is 0. The van der Waals surface area contributed by atoms with Gasteiger partial charge in [0.25, 0.3) is 0 Å². The highest BCUT2D eigenvalue weighted by atomic mass is 15.1. The molecule has 0 bridgehead atoms. The number of hydrogen-bond acceptors (Lipinski definition) is 1. The molecule has 0 atom stereocenters. The number of nitrogens with zero attached hydrogens (tertiary/aromatic N) is 2. The summed E-state index contributed by atoms with van der Waals surface area (Å²) in [5.41, 5.74) is 2.44. The highest BCUT2D eigenvalue weighted by Crippen LogP contribution is 2.29. The van der Waals surface area contributed by atoms with E-state index in [2.05, 4.69) is 30.0 Å². The molecule has 2 heteroatoms. The highest BCUT2D eigenvalue weighted by molar-refractivity contribution is 5.39. The largest absolute Gasteiger partial charge is 0.328 e. The van der Waals surface area contributed by atoms with Gasteiger partial charge >= 0.3 is 0 Å². The van der Waals surface area contributed by atoms with Crippen molar-refractivity contribution in [3.05, 3.63) is 23.8 Å². The Labute approximate surface area is 85.7 Å². The molecule has 0 spiro atoms. The third-order valence-corrected chi connectivity index (χ3v) is 3.34. The zero-order valence-electron chi connectivity index (χ0n) is 9.08. The van der Waals surface area contributed by atoms with E-state index < -0.39 is 0 Å². The highest BCUT2D eigenvalue weighted by Gasteiger charge is 2.20. The van der Waals surface area contributed by atoms with E-state index >= 15 is 0 Å². The van der Waals surface area contributed by atoms with E-state index in [1.54, 1.807) is 0 Å². The fourth-order valence-electron chi connectivity index (χ4n) is 2.00. The van der Waals surface area contributed by atoms with E-state index in [9.17, 15) is 0 Å². The van der Waals surface area contributed by atoms with E-state index in [-0.39, 0.29) is 0 Å². The Kier molecular flexibility index (Phi) is 2.44. The van der Waals surface area contributed by atoms with Gasteiger partial charge in [0.2, 0.25) is 0 Å². The smallest absolute Gasteiger partial charge is 0.132 e. The van der Waals surface area contributed by atoms with Crippen LogP contribution in [-0.2, 0) is 6.54 Å². The van der Waals surface area contributed by atoms with Crippen molar-refractivity contribution < 1.29 is 0 Å². The Bertz CT molecular complexity index is 345. The summed E-state index contributed by atoms with van der Waals surface area (Å²) in [7, 11) is 0. The molecule has 14 heavy (non-hydrogen) atoms. The van der Waals surface area contributed by atoms with Crippen LogP contribution in [0.15, 0.2) is 6.58 Å². The summed E-state index contributed by atoms with van der Waals surface area (Å²) in [6.45, 7) is 9.16. The predicted molar refractivity (Wildman–Crippen MR) is 59.1 cm³/mol. The van der Waals surface area contributed by atoms with E-state index in [0.717, 1.165) is 24.0 Å². The first-order valence-corrected chi connectivity index (χ1v) is 5.38. The number of imidazole rings is 1. The Morgan fingerprint density at radius 2 is 2.21 bits per heavy atom. The lowest BCUT2D eigenvalue weighted by molar-refractivity contribution is 0.274. The van der Waals surface area contributed by atoms with Gasteiger partial charge in [-0.3, -0.25) is 0 Å². The van der Waals surface area contributed by atoms with Gasteiger partial charge in [-0.15, -0.1) is 0 Å². The summed E-state index contributed by atoms with van der Waals surface area (Å²) in [6, 6.07) is 0. The molecule has 0 aliphatic heterocycles. The molecule has 2 rings (SSSR count). The van der Waals surface area contributed by atoms with Crippen LogP contribution in [0, 0.1) is 19.8 Å². The fourth-order valence-corrected chi connectivity index (χ4v) is 2.00. The number of hydrogen-bond donors (Lipinski definition) is 0. The van der Waals surface area contributed by atoms with Crippen molar-refractivity contribution in [2.24, 2.45) is 5.92 Å². The lowest BCUT2D eigenvalue weighted by Gasteiger charge is -2.26. The second-order valence-corrected chi connectivity index (χ2v) is 4.25. The lowest BCUT2D eigenvalue weighted by atomic mass is 9.85. The molecule has 0 aromatic carbocycles. The standard InChI is InChI=1S/C12H18N2/c1-4-12-13-9(2)10(3)14(12)8-11-6-5-7-11/h4,11H,1,5-8H2,2-3H3. The Morgan fingerprint density at radius 3 is 2.71 bits per heavy atom. The number of rotatable bonds is 3. The van der Waals surface area contributed by atoms with Crippen LogP contribution in [0.1, 0.15) is 36.5 Å². The number of aromatic nitrogens is 2. The topological polar surface area (TPSA) is 17.8 Å². The first-order valence-electron chi connectivity index (χ1n) is 5.38. The third-order valence-electron chi connectivity index (χ3n) is 3.34. The molecule has 0 amide bonds. The molecule has 76 valence electrons. The van der Waals surface area contributed by atoms with Crippen LogP contribution >= 0.6 is 0 Å². The molecule has 1 heterocycles. The van der Waals surface area contributed by atoms with Gasteiger partial charge in [-0.05, 0) is 38.7 Å².